The quantitative estimate of drug-likeness (QED) is 0.734. The minimum atomic E-state index is -0.391. The van der Waals surface area contributed by atoms with E-state index in [1.807, 2.05) is 30.3 Å². The molecule has 1 N–H and O–H groups in total. The molecule has 0 radical (unpaired) electrons. The van der Waals surface area contributed by atoms with Crippen LogP contribution in [0.25, 0.3) is 11.5 Å². The summed E-state index contributed by atoms with van der Waals surface area (Å²) in [5.74, 6) is 3.90. The number of rotatable bonds is 8. The molecule has 0 atom stereocenters. The van der Waals surface area contributed by atoms with Crippen molar-refractivity contribution < 1.29 is 9.21 Å². The van der Waals surface area contributed by atoms with Crippen LogP contribution in [0.15, 0.2) is 45.0 Å². The Morgan fingerprint density at radius 1 is 1.27 bits per heavy atom. The zero-order valence-electron chi connectivity index (χ0n) is 14.4. The predicted molar refractivity (Wildman–Crippen MR) is 96.5 cm³/mol. The molecular formula is C20H20N4O2. The maximum Gasteiger partial charge on any atom is 0.273 e. The van der Waals surface area contributed by atoms with Crippen LogP contribution in [0, 0.1) is 12.3 Å². The minimum Gasteiger partial charge on any atom is -0.440 e. The molecule has 0 bridgehead atoms. The zero-order valence-corrected chi connectivity index (χ0v) is 14.4. The third kappa shape index (κ3) is 3.52. The van der Waals surface area contributed by atoms with E-state index in [2.05, 4.69) is 26.4 Å². The van der Waals surface area contributed by atoms with Crippen LogP contribution >= 0.6 is 0 Å². The highest BCUT2D eigenvalue weighted by Crippen LogP contribution is 2.43. The van der Waals surface area contributed by atoms with Crippen molar-refractivity contribution in [2.45, 2.75) is 43.7 Å². The summed E-state index contributed by atoms with van der Waals surface area (Å²) in [6.45, 7) is 0.480. The second kappa shape index (κ2) is 6.75. The highest BCUT2D eigenvalue weighted by molar-refractivity contribution is 5.94. The van der Waals surface area contributed by atoms with Crippen LogP contribution in [-0.4, -0.2) is 23.1 Å². The van der Waals surface area contributed by atoms with Crippen molar-refractivity contribution >= 4 is 5.91 Å². The van der Waals surface area contributed by atoms with E-state index >= 15 is 0 Å². The molecule has 2 aliphatic rings. The molecule has 26 heavy (non-hydrogen) atoms. The molecule has 132 valence electrons. The summed E-state index contributed by atoms with van der Waals surface area (Å²) in [4.78, 5) is 17.1. The molecule has 0 unspecified atom stereocenters. The van der Waals surface area contributed by atoms with E-state index in [-0.39, 0.29) is 5.91 Å². The van der Waals surface area contributed by atoms with Gasteiger partial charge in [0.05, 0.1) is 0 Å². The number of benzene rings is 1. The van der Waals surface area contributed by atoms with Crippen molar-refractivity contribution in [3.63, 3.8) is 0 Å². The number of carbonyl (C=O) groups is 1. The van der Waals surface area contributed by atoms with Gasteiger partial charge in [-0.25, -0.2) is 4.98 Å². The van der Waals surface area contributed by atoms with E-state index < -0.39 is 5.66 Å². The summed E-state index contributed by atoms with van der Waals surface area (Å²) in [5, 5.41) is 11.1. The molecule has 0 saturated heterocycles. The third-order valence-corrected chi connectivity index (χ3v) is 4.70. The van der Waals surface area contributed by atoms with E-state index in [0.717, 1.165) is 24.8 Å². The van der Waals surface area contributed by atoms with E-state index in [4.69, 9.17) is 10.8 Å². The van der Waals surface area contributed by atoms with Crippen LogP contribution in [0.2, 0.25) is 0 Å². The molecule has 1 fully saturated rings. The monoisotopic (exact) mass is 348 g/mol. The predicted octanol–water partition coefficient (Wildman–Crippen LogP) is 3.91. The lowest BCUT2D eigenvalue weighted by molar-refractivity contribution is 0.0945. The molecule has 1 aliphatic heterocycles. The van der Waals surface area contributed by atoms with Gasteiger partial charge in [-0.2, -0.15) is 10.2 Å². The second-order valence-electron chi connectivity index (χ2n) is 6.76. The Balaban J connectivity index is 1.42. The van der Waals surface area contributed by atoms with Crippen molar-refractivity contribution in [1.82, 2.24) is 10.3 Å². The van der Waals surface area contributed by atoms with E-state index in [1.54, 1.807) is 0 Å². The van der Waals surface area contributed by atoms with Gasteiger partial charge in [0, 0.05) is 37.3 Å². The average Bonchev–Trinajstić information content (AvgIpc) is 3.60. The second-order valence-corrected chi connectivity index (χ2v) is 6.76. The Bertz CT molecular complexity index is 869. The first-order valence-corrected chi connectivity index (χ1v) is 8.93. The van der Waals surface area contributed by atoms with Gasteiger partial charge in [-0.3, -0.25) is 4.79 Å². The maximum atomic E-state index is 12.6. The Kier molecular flexibility index (Phi) is 4.29. The van der Waals surface area contributed by atoms with Crippen molar-refractivity contribution in [2.24, 2.45) is 10.2 Å². The molecule has 2 aromatic rings. The van der Waals surface area contributed by atoms with Gasteiger partial charge in [0.2, 0.25) is 5.89 Å². The largest absolute Gasteiger partial charge is 0.440 e. The molecule has 1 amide bonds. The van der Waals surface area contributed by atoms with Gasteiger partial charge in [-0.15, -0.1) is 12.3 Å². The molecule has 1 saturated carbocycles. The number of terminal acetylenes is 1. The molecule has 4 rings (SSSR count). The summed E-state index contributed by atoms with van der Waals surface area (Å²) >= 11 is 0. The molecule has 1 aromatic carbocycles. The fourth-order valence-electron chi connectivity index (χ4n) is 2.95. The summed E-state index contributed by atoms with van der Waals surface area (Å²) in [7, 11) is 0. The summed E-state index contributed by atoms with van der Waals surface area (Å²) in [5.41, 5.74) is 0.879. The first kappa shape index (κ1) is 16.5. The van der Waals surface area contributed by atoms with E-state index in [9.17, 15) is 4.79 Å². The SMILES string of the molecule is C#CCCC1(CCNC(=O)c2nc(-c3ccccc3)oc2C2CC2)N=N1. The maximum absolute atomic E-state index is 12.6. The lowest BCUT2D eigenvalue weighted by Gasteiger charge is -2.09. The van der Waals surface area contributed by atoms with E-state index in [1.165, 1.54) is 0 Å². The van der Waals surface area contributed by atoms with Crippen LogP contribution in [0.1, 0.15) is 54.3 Å². The normalized spacial score (nSPS) is 16.9. The Hall–Kier alpha value is -2.94. The smallest absolute Gasteiger partial charge is 0.273 e. The molecule has 2 heterocycles. The lowest BCUT2D eigenvalue weighted by Crippen LogP contribution is -2.29. The van der Waals surface area contributed by atoms with Gasteiger partial charge in [-0.05, 0) is 25.0 Å². The topological polar surface area (TPSA) is 79.9 Å². The molecule has 6 heteroatoms. The number of carbonyl (C=O) groups excluding carboxylic acids is 1. The van der Waals surface area contributed by atoms with Gasteiger partial charge in [0.25, 0.3) is 5.91 Å². The summed E-state index contributed by atoms with van der Waals surface area (Å²) in [6, 6.07) is 9.64. The Labute approximate surface area is 152 Å². The number of nitrogens with one attached hydrogen (secondary N) is 1. The van der Waals surface area contributed by atoms with Crippen molar-refractivity contribution in [3.05, 3.63) is 41.8 Å². The lowest BCUT2D eigenvalue weighted by atomic mass is 10.0. The van der Waals surface area contributed by atoms with E-state index in [0.29, 0.717) is 42.6 Å². The summed E-state index contributed by atoms with van der Waals surface area (Å²) in [6.07, 6.45) is 9.39. The highest BCUT2D eigenvalue weighted by atomic mass is 16.4. The fraction of sp³-hybridized carbons (Fsp3) is 0.400. The van der Waals surface area contributed by atoms with Gasteiger partial charge < -0.3 is 9.73 Å². The molecule has 1 aromatic heterocycles. The van der Waals surface area contributed by atoms with Crippen molar-refractivity contribution in [3.8, 4) is 23.8 Å². The van der Waals surface area contributed by atoms with Crippen molar-refractivity contribution in [1.29, 1.82) is 0 Å². The number of nitrogens with zero attached hydrogens (tertiary/aromatic N) is 3. The highest BCUT2D eigenvalue weighted by Gasteiger charge is 2.39. The third-order valence-electron chi connectivity index (χ3n) is 4.70. The van der Waals surface area contributed by atoms with Gasteiger partial charge in [-0.1, -0.05) is 18.2 Å². The zero-order chi connectivity index (χ0) is 18.0. The Morgan fingerprint density at radius 3 is 2.69 bits per heavy atom. The van der Waals surface area contributed by atoms with Crippen LogP contribution in [0.3, 0.4) is 0 Å². The Morgan fingerprint density at radius 2 is 2.04 bits per heavy atom. The molecule has 1 aliphatic carbocycles. The van der Waals surface area contributed by atoms with Crippen molar-refractivity contribution in [2.75, 3.05) is 6.54 Å². The number of hydrogen-bond donors (Lipinski definition) is 1. The fourth-order valence-corrected chi connectivity index (χ4v) is 2.95. The number of aromatic nitrogens is 1. The van der Waals surface area contributed by atoms with Crippen LogP contribution in [0.4, 0.5) is 0 Å². The molecular weight excluding hydrogens is 328 g/mol. The van der Waals surface area contributed by atoms with Crippen LogP contribution in [0.5, 0.6) is 0 Å². The standard InChI is InChI=1S/C20H20N4O2/c1-2-3-11-20(23-24-20)12-13-21-18(25)16-17(14-9-10-14)26-19(22-16)15-7-5-4-6-8-15/h1,4-8,14H,3,9-13H2,(H,21,25). The van der Waals surface area contributed by atoms with Gasteiger partial charge >= 0.3 is 0 Å². The van der Waals surface area contributed by atoms with Gasteiger partial charge in [0.15, 0.2) is 11.4 Å². The van der Waals surface area contributed by atoms with Crippen LogP contribution in [-0.2, 0) is 0 Å². The summed E-state index contributed by atoms with van der Waals surface area (Å²) < 4.78 is 5.93. The molecule has 0 spiro atoms. The van der Waals surface area contributed by atoms with Gasteiger partial charge in [0.1, 0.15) is 5.76 Å². The molecule has 6 nitrogen and oxygen atoms in total. The number of hydrogen-bond acceptors (Lipinski definition) is 5. The average molecular weight is 348 g/mol. The first-order valence-electron chi connectivity index (χ1n) is 8.93. The first-order chi connectivity index (χ1) is 12.7. The number of oxazole rings is 1. The van der Waals surface area contributed by atoms with Crippen LogP contribution < -0.4 is 5.32 Å². The minimum absolute atomic E-state index is 0.203. The number of amides is 1.